The highest BCUT2D eigenvalue weighted by Crippen LogP contribution is 2.29. The van der Waals surface area contributed by atoms with Gasteiger partial charge in [0, 0.05) is 23.5 Å². The summed E-state index contributed by atoms with van der Waals surface area (Å²) in [6, 6.07) is 5.71. The number of hydrogen-bond acceptors (Lipinski definition) is 4. The number of nitrogens with zero attached hydrogens (tertiary/aromatic N) is 1. The molecule has 0 aromatic heterocycles. The average molecular weight is 382 g/mol. The van der Waals surface area contributed by atoms with Crippen molar-refractivity contribution >= 4 is 36.7 Å². The van der Waals surface area contributed by atoms with Crippen molar-refractivity contribution in [3.05, 3.63) is 33.8 Å². The number of benzene rings is 1. The second-order valence-corrected chi connectivity index (χ2v) is 8.86. The van der Waals surface area contributed by atoms with Crippen LogP contribution < -0.4 is 0 Å². The van der Waals surface area contributed by atoms with Crippen LogP contribution in [0.4, 0.5) is 0 Å². The van der Waals surface area contributed by atoms with Crippen LogP contribution in [0.3, 0.4) is 0 Å². The van der Waals surface area contributed by atoms with Crippen molar-refractivity contribution in [1.82, 2.24) is 4.31 Å². The van der Waals surface area contributed by atoms with E-state index in [2.05, 4.69) is 15.9 Å². The zero-order valence-electron chi connectivity index (χ0n) is 11.0. The van der Waals surface area contributed by atoms with Crippen LogP contribution in [0.2, 0.25) is 0 Å². The molecule has 8 heteroatoms. The SMILES string of the molecule is CS(=O)(=O)N1CCc2ccc(Br)cc2C(C[SH](=O)=O)C1. The fraction of sp³-hybridized carbons (Fsp3) is 0.500. The lowest BCUT2D eigenvalue weighted by Gasteiger charge is -2.21. The van der Waals surface area contributed by atoms with Gasteiger partial charge in [-0.25, -0.2) is 21.1 Å². The number of hydrogen-bond donors (Lipinski definition) is 1. The Hall–Kier alpha value is -0.440. The molecular weight excluding hydrogens is 366 g/mol. The van der Waals surface area contributed by atoms with Crippen molar-refractivity contribution in [2.45, 2.75) is 12.3 Å². The summed E-state index contributed by atoms with van der Waals surface area (Å²) in [6.45, 7) is 0.602. The molecule has 1 aromatic carbocycles. The van der Waals surface area contributed by atoms with Gasteiger partial charge in [-0.1, -0.05) is 22.0 Å². The van der Waals surface area contributed by atoms with Gasteiger partial charge in [0.1, 0.15) is 10.7 Å². The molecule has 20 heavy (non-hydrogen) atoms. The molecule has 0 saturated heterocycles. The molecule has 1 aliphatic rings. The van der Waals surface area contributed by atoms with Crippen LogP contribution in [0.25, 0.3) is 0 Å². The van der Waals surface area contributed by atoms with Crippen molar-refractivity contribution in [3.63, 3.8) is 0 Å². The molecule has 0 fully saturated rings. The van der Waals surface area contributed by atoms with E-state index in [1.807, 2.05) is 18.2 Å². The molecule has 0 aliphatic carbocycles. The third kappa shape index (κ3) is 3.81. The van der Waals surface area contributed by atoms with Gasteiger partial charge in [0.15, 0.2) is 0 Å². The van der Waals surface area contributed by atoms with E-state index >= 15 is 0 Å². The molecule has 1 aromatic rings. The maximum Gasteiger partial charge on any atom is 0.211 e. The summed E-state index contributed by atoms with van der Waals surface area (Å²) in [5.41, 5.74) is 1.94. The molecule has 1 unspecified atom stereocenters. The number of rotatable bonds is 3. The maximum atomic E-state index is 11.8. The molecule has 2 rings (SSSR count). The Labute approximate surface area is 129 Å². The minimum Gasteiger partial charge on any atom is -0.232 e. The molecule has 0 saturated carbocycles. The van der Waals surface area contributed by atoms with Gasteiger partial charge in [-0.2, -0.15) is 0 Å². The van der Waals surface area contributed by atoms with Crippen molar-refractivity contribution < 1.29 is 16.8 Å². The summed E-state index contributed by atoms with van der Waals surface area (Å²) in [4.78, 5) is 0. The van der Waals surface area contributed by atoms with Crippen LogP contribution in [0, 0.1) is 0 Å². The molecule has 1 heterocycles. The predicted octanol–water partition coefficient (Wildman–Crippen LogP) is 0.962. The minimum atomic E-state index is -3.32. The smallest absolute Gasteiger partial charge is 0.211 e. The van der Waals surface area contributed by atoms with E-state index in [9.17, 15) is 16.8 Å². The van der Waals surface area contributed by atoms with Crippen LogP contribution >= 0.6 is 15.9 Å². The van der Waals surface area contributed by atoms with Crippen molar-refractivity contribution in [2.24, 2.45) is 0 Å². The van der Waals surface area contributed by atoms with Crippen molar-refractivity contribution in [2.75, 3.05) is 25.1 Å². The third-order valence-electron chi connectivity index (χ3n) is 3.44. The monoisotopic (exact) mass is 381 g/mol. The molecule has 1 atom stereocenters. The molecule has 0 radical (unpaired) electrons. The average Bonchev–Trinajstić information content (AvgIpc) is 2.48. The number of fused-ring (bicyclic) bond motifs is 1. The topological polar surface area (TPSA) is 71.5 Å². The molecule has 5 nitrogen and oxygen atoms in total. The van der Waals surface area contributed by atoms with Gasteiger partial charge in [0.05, 0.1) is 12.0 Å². The quantitative estimate of drug-likeness (QED) is 0.791. The first-order chi connectivity index (χ1) is 9.27. The van der Waals surface area contributed by atoms with Crippen molar-refractivity contribution in [3.8, 4) is 0 Å². The molecule has 112 valence electrons. The van der Waals surface area contributed by atoms with Crippen LogP contribution in [0.1, 0.15) is 17.0 Å². The van der Waals surface area contributed by atoms with Gasteiger partial charge in [-0.15, -0.1) is 0 Å². The Bertz CT molecular complexity index is 677. The second-order valence-electron chi connectivity index (χ2n) is 4.93. The van der Waals surface area contributed by atoms with Crippen LogP contribution in [-0.2, 0) is 27.1 Å². The largest absolute Gasteiger partial charge is 0.232 e. The third-order valence-corrected chi connectivity index (χ3v) is 5.94. The minimum absolute atomic E-state index is 0.0369. The summed E-state index contributed by atoms with van der Waals surface area (Å²) in [6.07, 6.45) is 1.76. The van der Waals surface area contributed by atoms with Gasteiger partial charge in [-0.3, -0.25) is 0 Å². The lowest BCUT2D eigenvalue weighted by Crippen LogP contribution is -2.34. The van der Waals surface area contributed by atoms with Crippen LogP contribution in [-0.4, -0.2) is 46.2 Å². The van der Waals surface area contributed by atoms with E-state index in [0.717, 1.165) is 21.9 Å². The van der Waals surface area contributed by atoms with Gasteiger partial charge in [0.2, 0.25) is 10.0 Å². The molecule has 0 bridgehead atoms. The van der Waals surface area contributed by atoms with E-state index in [4.69, 9.17) is 0 Å². The first-order valence-corrected chi connectivity index (χ1v) is 10.1. The summed E-state index contributed by atoms with van der Waals surface area (Å²) in [5.74, 6) is -0.356. The zero-order chi connectivity index (χ0) is 14.9. The lowest BCUT2D eigenvalue weighted by molar-refractivity contribution is 0.410. The number of thiol groups is 1. The standard InChI is InChI=1S/C12H16BrNO4S2/c1-20(17,18)14-5-4-9-2-3-11(13)6-12(9)10(7-14)8-19(15)16/h2-3,6,10,19H,4-5,7-8H2,1H3. The van der Waals surface area contributed by atoms with Crippen LogP contribution in [0.15, 0.2) is 22.7 Å². The van der Waals surface area contributed by atoms with Crippen LogP contribution in [0.5, 0.6) is 0 Å². The number of sulfonamides is 1. The van der Waals surface area contributed by atoms with Gasteiger partial charge < -0.3 is 0 Å². The Balaban J connectivity index is 2.45. The van der Waals surface area contributed by atoms with E-state index < -0.39 is 20.7 Å². The van der Waals surface area contributed by atoms with E-state index in [1.54, 1.807) is 0 Å². The molecule has 0 spiro atoms. The first kappa shape index (κ1) is 15.9. The Morgan fingerprint density at radius 1 is 1.40 bits per heavy atom. The molecule has 0 N–H and O–H groups in total. The highest BCUT2D eigenvalue weighted by Gasteiger charge is 2.28. The Morgan fingerprint density at radius 2 is 2.10 bits per heavy atom. The van der Waals surface area contributed by atoms with Gasteiger partial charge in [0.25, 0.3) is 0 Å². The maximum absolute atomic E-state index is 11.8. The Morgan fingerprint density at radius 3 is 2.70 bits per heavy atom. The lowest BCUT2D eigenvalue weighted by atomic mass is 9.95. The highest BCUT2D eigenvalue weighted by molar-refractivity contribution is 9.10. The molecular formula is C12H16BrNO4S2. The fourth-order valence-corrected chi connectivity index (χ4v) is 4.42. The summed E-state index contributed by atoms with van der Waals surface area (Å²) in [7, 11) is -5.88. The highest BCUT2D eigenvalue weighted by atomic mass is 79.9. The first-order valence-electron chi connectivity index (χ1n) is 6.12. The Kier molecular flexibility index (Phi) is 4.88. The summed E-state index contributed by atoms with van der Waals surface area (Å²) >= 11 is 3.38. The van der Waals surface area contributed by atoms with Crippen molar-refractivity contribution in [1.29, 1.82) is 0 Å². The zero-order valence-corrected chi connectivity index (χ0v) is 14.2. The van der Waals surface area contributed by atoms with E-state index in [-0.39, 0.29) is 18.2 Å². The number of halogens is 1. The van der Waals surface area contributed by atoms with E-state index in [0.29, 0.717) is 13.0 Å². The molecule has 1 aliphatic heterocycles. The fourth-order valence-electron chi connectivity index (χ4n) is 2.49. The normalized spacial score (nSPS) is 20.6. The summed E-state index contributed by atoms with van der Waals surface area (Å²) in [5, 5.41) is 0. The summed E-state index contributed by atoms with van der Waals surface area (Å²) < 4.78 is 47.9. The van der Waals surface area contributed by atoms with E-state index in [1.165, 1.54) is 4.31 Å². The predicted molar refractivity (Wildman–Crippen MR) is 82.2 cm³/mol. The second kappa shape index (κ2) is 6.13. The van der Waals surface area contributed by atoms with Gasteiger partial charge in [-0.05, 0) is 29.7 Å². The van der Waals surface area contributed by atoms with Gasteiger partial charge >= 0.3 is 0 Å². The molecule has 0 amide bonds.